The number of hydrogen-bond acceptors (Lipinski definition) is 2. The Morgan fingerprint density at radius 1 is 0.962 bits per heavy atom. The zero-order valence-electron chi connectivity index (χ0n) is 15.0. The van der Waals surface area contributed by atoms with Crippen molar-refractivity contribution in [3.63, 3.8) is 0 Å². The normalized spacial score (nSPS) is 23.5. The van der Waals surface area contributed by atoms with Gasteiger partial charge in [0.25, 0.3) is 5.91 Å². The molecule has 2 saturated heterocycles. The van der Waals surface area contributed by atoms with E-state index in [2.05, 4.69) is 4.90 Å². The van der Waals surface area contributed by atoms with E-state index in [1.54, 1.807) is 0 Å². The van der Waals surface area contributed by atoms with E-state index >= 15 is 0 Å². The highest BCUT2D eigenvalue weighted by atomic mass is 19.1. The van der Waals surface area contributed by atoms with E-state index < -0.39 is 0 Å². The quantitative estimate of drug-likeness (QED) is 0.836. The lowest BCUT2D eigenvalue weighted by molar-refractivity contribution is 0.0783. The molecule has 2 heterocycles. The zero-order chi connectivity index (χ0) is 17.9. The van der Waals surface area contributed by atoms with E-state index in [-0.39, 0.29) is 17.6 Å². The lowest BCUT2D eigenvalue weighted by atomic mass is 9.88. The van der Waals surface area contributed by atoms with Gasteiger partial charge in [-0.15, -0.1) is 0 Å². The Kier molecular flexibility index (Phi) is 5.02. The minimum atomic E-state index is -0.208. The van der Waals surface area contributed by atoms with Crippen molar-refractivity contribution >= 4 is 5.91 Å². The summed E-state index contributed by atoms with van der Waals surface area (Å²) >= 11 is 0. The second kappa shape index (κ2) is 7.58. The van der Waals surface area contributed by atoms with Crippen molar-refractivity contribution in [2.75, 3.05) is 32.7 Å². The summed E-state index contributed by atoms with van der Waals surface area (Å²) < 4.78 is 13.4. The first kappa shape index (κ1) is 17.2. The van der Waals surface area contributed by atoms with Crippen LogP contribution >= 0.6 is 0 Å². The summed E-state index contributed by atoms with van der Waals surface area (Å²) in [5.41, 5.74) is 1.88. The predicted molar refractivity (Wildman–Crippen MR) is 101 cm³/mol. The molecule has 0 bridgehead atoms. The van der Waals surface area contributed by atoms with Gasteiger partial charge in [0.05, 0.1) is 0 Å². The number of hydrogen-bond donors (Lipinski definition) is 0. The number of carbonyl (C=O) groups excluding carboxylic acids is 1. The Balaban J connectivity index is 1.55. The summed E-state index contributed by atoms with van der Waals surface area (Å²) in [6.07, 6.45) is 2.53. The number of halogens is 1. The third-order valence-corrected chi connectivity index (χ3v) is 5.74. The number of rotatable bonds is 4. The van der Waals surface area contributed by atoms with E-state index in [0.29, 0.717) is 12.5 Å². The molecule has 26 heavy (non-hydrogen) atoms. The molecule has 0 aromatic heterocycles. The fraction of sp³-hybridized carbons (Fsp3) is 0.409. The molecule has 2 aliphatic heterocycles. The van der Waals surface area contributed by atoms with Gasteiger partial charge in [-0.3, -0.25) is 4.79 Å². The Morgan fingerprint density at radius 3 is 2.35 bits per heavy atom. The Morgan fingerprint density at radius 2 is 1.65 bits per heavy atom. The van der Waals surface area contributed by atoms with Gasteiger partial charge in [-0.2, -0.15) is 0 Å². The van der Waals surface area contributed by atoms with Crippen molar-refractivity contribution < 1.29 is 9.18 Å². The summed E-state index contributed by atoms with van der Waals surface area (Å²) in [6, 6.07) is 16.3. The number of benzene rings is 2. The van der Waals surface area contributed by atoms with Crippen LogP contribution in [-0.2, 0) is 0 Å². The number of carbonyl (C=O) groups is 1. The molecule has 4 heteroatoms. The summed E-state index contributed by atoms with van der Waals surface area (Å²) in [5.74, 6) is 0.553. The van der Waals surface area contributed by atoms with Crippen LogP contribution in [-0.4, -0.2) is 48.4 Å². The maximum Gasteiger partial charge on any atom is 0.253 e. The van der Waals surface area contributed by atoms with Crippen LogP contribution in [0, 0.1) is 11.7 Å². The minimum absolute atomic E-state index is 0.0987. The third kappa shape index (κ3) is 3.65. The summed E-state index contributed by atoms with van der Waals surface area (Å²) in [5, 5.41) is 0. The molecule has 0 saturated carbocycles. The molecule has 0 aliphatic carbocycles. The van der Waals surface area contributed by atoms with Crippen LogP contribution in [0.5, 0.6) is 0 Å². The fourth-order valence-corrected chi connectivity index (χ4v) is 4.37. The van der Waals surface area contributed by atoms with E-state index in [1.165, 1.54) is 25.0 Å². The van der Waals surface area contributed by atoms with Gasteiger partial charge in [-0.25, -0.2) is 4.39 Å². The van der Waals surface area contributed by atoms with Crippen molar-refractivity contribution in [2.45, 2.75) is 18.8 Å². The summed E-state index contributed by atoms with van der Waals surface area (Å²) in [6.45, 7) is 4.79. The summed E-state index contributed by atoms with van der Waals surface area (Å²) in [7, 11) is 0. The Hall–Kier alpha value is -2.20. The van der Waals surface area contributed by atoms with Crippen LogP contribution in [0.1, 0.15) is 34.7 Å². The molecular weight excluding hydrogens is 327 g/mol. The van der Waals surface area contributed by atoms with Crippen LogP contribution in [0.2, 0.25) is 0 Å². The maximum atomic E-state index is 13.4. The largest absolute Gasteiger partial charge is 0.338 e. The molecule has 3 nitrogen and oxygen atoms in total. The predicted octanol–water partition coefficient (Wildman–Crippen LogP) is 3.78. The molecule has 2 atom stereocenters. The monoisotopic (exact) mass is 352 g/mol. The lowest BCUT2D eigenvalue weighted by Gasteiger charge is -2.24. The van der Waals surface area contributed by atoms with Crippen LogP contribution in [0.3, 0.4) is 0 Å². The van der Waals surface area contributed by atoms with Crippen molar-refractivity contribution in [2.24, 2.45) is 5.92 Å². The highest BCUT2D eigenvalue weighted by Crippen LogP contribution is 2.34. The van der Waals surface area contributed by atoms with Crippen molar-refractivity contribution in [1.82, 2.24) is 9.80 Å². The molecule has 0 N–H and O–H groups in total. The SMILES string of the molecule is O=C(c1ccccc1)N1CC(CN2CCCC2)C(c2ccc(F)cc2)C1. The lowest BCUT2D eigenvalue weighted by Crippen LogP contribution is -2.32. The van der Waals surface area contributed by atoms with Crippen LogP contribution in [0.15, 0.2) is 54.6 Å². The highest BCUT2D eigenvalue weighted by molar-refractivity contribution is 5.94. The van der Waals surface area contributed by atoms with E-state index in [1.807, 2.05) is 47.4 Å². The molecular formula is C22H25FN2O. The van der Waals surface area contributed by atoms with Crippen molar-refractivity contribution in [3.05, 3.63) is 71.5 Å². The third-order valence-electron chi connectivity index (χ3n) is 5.74. The standard InChI is InChI=1S/C22H25FN2O/c23-20-10-8-17(9-11-20)21-16-25(22(26)18-6-2-1-3-7-18)15-19(21)14-24-12-4-5-13-24/h1-3,6-11,19,21H,4-5,12-16H2. The van der Waals surface area contributed by atoms with Crippen molar-refractivity contribution in [1.29, 1.82) is 0 Å². The van der Waals surface area contributed by atoms with Gasteiger partial charge in [0.15, 0.2) is 0 Å². The smallest absolute Gasteiger partial charge is 0.253 e. The van der Waals surface area contributed by atoms with E-state index in [4.69, 9.17) is 0 Å². The van der Waals surface area contributed by atoms with E-state index in [9.17, 15) is 9.18 Å². The Labute approximate surface area is 154 Å². The topological polar surface area (TPSA) is 23.6 Å². The second-order valence-electron chi connectivity index (χ2n) is 7.50. The second-order valence-corrected chi connectivity index (χ2v) is 7.50. The molecule has 2 aromatic rings. The first-order chi connectivity index (χ1) is 12.7. The zero-order valence-corrected chi connectivity index (χ0v) is 15.0. The molecule has 2 fully saturated rings. The maximum absolute atomic E-state index is 13.4. The molecule has 0 radical (unpaired) electrons. The highest BCUT2D eigenvalue weighted by Gasteiger charge is 2.37. The minimum Gasteiger partial charge on any atom is -0.338 e. The van der Waals surface area contributed by atoms with Gasteiger partial charge in [-0.1, -0.05) is 30.3 Å². The van der Waals surface area contributed by atoms with Gasteiger partial charge in [0.1, 0.15) is 5.82 Å². The van der Waals surface area contributed by atoms with Crippen molar-refractivity contribution in [3.8, 4) is 0 Å². The average molecular weight is 352 g/mol. The molecule has 1 amide bonds. The van der Waals surface area contributed by atoms with E-state index in [0.717, 1.165) is 37.3 Å². The van der Waals surface area contributed by atoms with Crippen LogP contribution in [0.25, 0.3) is 0 Å². The molecule has 0 spiro atoms. The van der Waals surface area contributed by atoms with Gasteiger partial charge < -0.3 is 9.80 Å². The average Bonchev–Trinajstić information content (AvgIpc) is 3.33. The molecule has 2 unspecified atom stereocenters. The first-order valence-corrected chi connectivity index (χ1v) is 9.53. The van der Waals surface area contributed by atoms with Crippen LogP contribution in [0.4, 0.5) is 4.39 Å². The van der Waals surface area contributed by atoms with Crippen LogP contribution < -0.4 is 0 Å². The first-order valence-electron chi connectivity index (χ1n) is 9.53. The van der Waals surface area contributed by atoms with Gasteiger partial charge in [0, 0.05) is 31.1 Å². The molecule has 136 valence electrons. The number of amides is 1. The molecule has 2 aliphatic rings. The molecule has 2 aromatic carbocycles. The fourth-order valence-electron chi connectivity index (χ4n) is 4.37. The molecule has 4 rings (SSSR count). The Bertz CT molecular complexity index is 740. The van der Waals surface area contributed by atoms with Gasteiger partial charge in [-0.05, 0) is 61.7 Å². The van der Waals surface area contributed by atoms with Gasteiger partial charge >= 0.3 is 0 Å². The summed E-state index contributed by atoms with van der Waals surface area (Å²) in [4.78, 5) is 17.4. The number of likely N-dealkylation sites (tertiary alicyclic amines) is 2. The number of nitrogens with zero attached hydrogens (tertiary/aromatic N) is 2. The van der Waals surface area contributed by atoms with Gasteiger partial charge in [0.2, 0.25) is 0 Å².